The zero-order valence-corrected chi connectivity index (χ0v) is 12.8. The Bertz CT molecular complexity index is 584. The van der Waals surface area contributed by atoms with E-state index in [1.165, 1.54) is 12.1 Å². The minimum absolute atomic E-state index is 0.00120. The molecule has 2 amide bonds. The van der Waals surface area contributed by atoms with Crippen LogP contribution in [0, 0.1) is 11.7 Å². The SMILES string of the molecule is O=C(Cc1c(F)cccc1Cl)N[C@@H]1CCC(=O)N[C@H]1C1CC1. The molecule has 118 valence electrons. The predicted molar refractivity (Wildman–Crippen MR) is 80.9 cm³/mol. The Morgan fingerprint density at radius 2 is 2.14 bits per heavy atom. The second kappa shape index (κ2) is 6.24. The van der Waals surface area contributed by atoms with E-state index in [4.69, 9.17) is 11.6 Å². The van der Waals surface area contributed by atoms with Gasteiger partial charge in [0.25, 0.3) is 0 Å². The van der Waals surface area contributed by atoms with Gasteiger partial charge in [0.15, 0.2) is 0 Å². The van der Waals surface area contributed by atoms with Crippen molar-refractivity contribution < 1.29 is 14.0 Å². The van der Waals surface area contributed by atoms with Gasteiger partial charge in [0.2, 0.25) is 11.8 Å². The van der Waals surface area contributed by atoms with Crippen LogP contribution in [-0.2, 0) is 16.0 Å². The molecule has 0 unspecified atom stereocenters. The quantitative estimate of drug-likeness (QED) is 0.892. The monoisotopic (exact) mass is 324 g/mol. The van der Waals surface area contributed by atoms with Gasteiger partial charge in [-0.25, -0.2) is 4.39 Å². The minimum atomic E-state index is -0.474. The number of halogens is 2. The van der Waals surface area contributed by atoms with Gasteiger partial charge < -0.3 is 10.6 Å². The first-order chi connectivity index (χ1) is 10.5. The van der Waals surface area contributed by atoms with Crippen molar-refractivity contribution in [3.8, 4) is 0 Å². The molecule has 0 bridgehead atoms. The third-order valence-corrected chi connectivity index (χ3v) is 4.67. The zero-order valence-electron chi connectivity index (χ0n) is 12.1. The van der Waals surface area contributed by atoms with Gasteiger partial charge in [-0.15, -0.1) is 0 Å². The van der Waals surface area contributed by atoms with E-state index in [1.807, 2.05) is 0 Å². The molecule has 4 nitrogen and oxygen atoms in total. The predicted octanol–water partition coefficient (Wildman–Crippen LogP) is 2.20. The van der Waals surface area contributed by atoms with Crippen molar-refractivity contribution in [3.05, 3.63) is 34.6 Å². The maximum Gasteiger partial charge on any atom is 0.224 e. The topological polar surface area (TPSA) is 58.2 Å². The average molecular weight is 325 g/mol. The molecule has 0 aromatic heterocycles. The molecule has 2 N–H and O–H groups in total. The van der Waals surface area contributed by atoms with Crippen molar-refractivity contribution in [2.24, 2.45) is 5.92 Å². The lowest BCUT2D eigenvalue weighted by molar-refractivity contribution is -0.127. The van der Waals surface area contributed by atoms with Crippen molar-refractivity contribution in [1.82, 2.24) is 10.6 Å². The highest BCUT2D eigenvalue weighted by Crippen LogP contribution is 2.36. The van der Waals surface area contributed by atoms with E-state index in [0.717, 1.165) is 12.8 Å². The zero-order chi connectivity index (χ0) is 15.7. The standard InChI is InChI=1S/C16H18ClFN2O2/c17-11-2-1-3-12(18)10(11)8-15(22)19-13-6-7-14(21)20-16(13)9-4-5-9/h1-3,9,13,16H,4-8H2,(H,19,22)(H,20,21)/t13-,16+/m1/s1. The summed E-state index contributed by atoms with van der Waals surface area (Å²) >= 11 is 5.95. The van der Waals surface area contributed by atoms with Crippen molar-refractivity contribution in [3.63, 3.8) is 0 Å². The Morgan fingerprint density at radius 1 is 1.36 bits per heavy atom. The second-order valence-electron chi connectivity index (χ2n) is 6.02. The summed E-state index contributed by atoms with van der Waals surface area (Å²) in [6.45, 7) is 0. The highest BCUT2D eigenvalue weighted by molar-refractivity contribution is 6.31. The highest BCUT2D eigenvalue weighted by Gasteiger charge is 2.40. The normalized spacial score (nSPS) is 24.7. The van der Waals surface area contributed by atoms with Gasteiger partial charge in [-0.05, 0) is 37.3 Å². The number of benzene rings is 1. The molecule has 22 heavy (non-hydrogen) atoms. The van der Waals surface area contributed by atoms with Crippen LogP contribution in [0.5, 0.6) is 0 Å². The maximum atomic E-state index is 13.7. The number of amides is 2. The van der Waals surface area contributed by atoms with E-state index in [2.05, 4.69) is 10.6 Å². The Balaban J connectivity index is 1.64. The first-order valence-electron chi connectivity index (χ1n) is 7.56. The molecule has 1 aliphatic heterocycles. The van der Waals surface area contributed by atoms with Crippen LogP contribution in [0.4, 0.5) is 4.39 Å². The molecule has 2 fully saturated rings. The molecule has 1 saturated heterocycles. The summed E-state index contributed by atoms with van der Waals surface area (Å²) in [5, 5.41) is 6.16. The summed E-state index contributed by atoms with van der Waals surface area (Å²) in [5.74, 6) is -0.247. The number of rotatable bonds is 4. The molecule has 1 aromatic rings. The van der Waals surface area contributed by atoms with E-state index in [1.54, 1.807) is 6.07 Å². The molecule has 1 saturated carbocycles. The van der Waals surface area contributed by atoms with E-state index >= 15 is 0 Å². The van der Waals surface area contributed by atoms with Crippen LogP contribution in [0.3, 0.4) is 0 Å². The molecule has 6 heteroatoms. The first-order valence-corrected chi connectivity index (χ1v) is 7.94. The van der Waals surface area contributed by atoms with Crippen LogP contribution in [0.1, 0.15) is 31.2 Å². The van der Waals surface area contributed by atoms with Gasteiger partial charge in [0, 0.05) is 23.0 Å². The van der Waals surface area contributed by atoms with Crippen molar-refractivity contribution in [2.45, 2.75) is 44.2 Å². The van der Waals surface area contributed by atoms with Gasteiger partial charge in [0.1, 0.15) is 5.82 Å². The molecule has 0 radical (unpaired) electrons. The van der Waals surface area contributed by atoms with E-state index in [9.17, 15) is 14.0 Å². The van der Waals surface area contributed by atoms with Gasteiger partial charge >= 0.3 is 0 Å². The van der Waals surface area contributed by atoms with Crippen LogP contribution in [0.2, 0.25) is 5.02 Å². The molecule has 0 spiro atoms. The lowest BCUT2D eigenvalue weighted by Gasteiger charge is -2.33. The fourth-order valence-electron chi connectivity index (χ4n) is 3.01. The van der Waals surface area contributed by atoms with Gasteiger partial charge in [0.05, 0.1) is 12.5 Å². The van der Waals surface area contributed by atoms with Crippen LogP contribution < -0.4 is 10.6 Å². The molecule has 1 heterocycles. The molecule has 2 aliphatic rings. The van der Waals surface area contributed by atoms with Crippen LogP contribution in [-0.4, -0.2) is 23.9 Å². The minimum Gasteiger partial charge on any atom is -0.351 e. The molecular formula is C16H18ClFN2O2. The second-order valence-corrected chi connectivity index (χ2v) is 6.43. The lowest BCUT2D eigenvalue weighted by atomic mass is 9.94. The van der Waals surface area contributed by atoms with E-state index in [-0.39, 0.29) is 40.9 Å². The molecule has 2 atom stereocenters. The smallest absolute Gasteiger partial charge is 0.224 e. The third-order valence-electron chi connectivity index (χ3n) is 4.32. The van der Waals surface area contributed by atoms with Gasteiger partial charge in [-0.2, -0.15) is 0 Å². The summed E-state index contributed by atoms with van der Waals surface area (Å²) < 4.78 is 13.7. The molecule has 1 aromatic carbocycles. The summed E-state index contributed by atoms with van der Waals surface area (Å²) in [6.07, 6.45) is 3.11. The van der Waals surface area contributed by atoms with Crippen molar-refractivity contribution in [2.75, 3.05) is 0 Å². The average Bonchev–Trinajstić information content (AvgIpc) is 3.29. The molecule has 1 aliphatic carbocycles. The number of carbonyl (C=O) groups excluding carboxylic acids is 2. The fraction of sp³-hybridized carbons (Fsp3) is 0.500. The lowest BCUT2D eigenvalue weighted by Crippen LogP contribution is -2.56. The largest absolute Gasteiger partial charge is 0.351 e. The van der Waals surface area contributed by atoms with Crippen LogP contribution >= 0.6 is 11.6 Å². The Morgan fingerprint density at radius 3 is 2.82 bits per heavy atom. The van der Waals surface area contributed by atoms with Crippen LogP contribution in [0.25, 0.3) is 0 Å². The fourth-order valence-corrected chi connectivity index (χ4v) is 3.24. The Labute approximate surface area is 133 Å². The third kappa shape index (κ3) is 3.40. The van der Waals surface area contributed by atoms with Gasteiger partial charge in [-0.1, -0.05) is 17.7 Å². The first kappa shape index (κ1) is 15.3. The molecule has 3 rings (SSSR count). The van der Waals surface area contributed by atoms with E-state index < -0.39 is 5.82 Å². The number of piperidine rings is 1. The molecular weight excluding hydrogens is 307 g/mol. The Hall–Kier alpha value is -1.62. The van der Waals surface area contributed by atoms with Crippen molar-refractivity contribution >= 4 is 23.4 Å². The highest BCUT2D eigenvalue weighted by atomic mass is 35.5. The maximum absolute atomic E-state index is 13.7. The summed E-state index contributed by atoms with van der Waals surface area (Å²) in [6, 6.07) is 4.30. The number of hydrogen-bond acceptors (Lipinski definition) is 2. The van der Waals surface area contributed by atoms with Crippen molar-refractivity contribution in [1.29, 1.82) is 0 Å². The van der Waals surface area contributed by atoms with Gasteiger partial charge in [-0.3, -0.25) is 9.59 Å². The van der Waals surface area contributed by atoms with E-state index in [0.29, 0.717) is 18.8 Å². The Kier molecular flexibility index (Phi) is 4.34. The summed E-state index contributed by atoms with van der Waals surface area (Å²) in [5.41, 5.74) is 0.212. The number of hydrogen-bond donors (Lipinski definition) is 2. The van der Waals surface area contributed by atoms with Crippen LogP contribution in [0.15, 0.2) is 18.2 Å². The summed E-state index contributed by atoms with van der Waals surface area (Å²) in [4.78, 5) is 23.7. The number of carbonyl (C=O) groups is 2. The summed E-state index contributed by atoms with van der Waals surface area (Å²) in [7, 11) is 0. The number of nitrogens with one attached hydrogen (secondary N) is 2.